The lowest BCUT2D eigenvalue weighted by Gasteiger charge is -2.07. The van der Waals surface area contributed by atoms with Gasteiger partial charge in [0.1, 0.15) is 6.10 Å². The maximum absolute atomic E-state index is 12.0. The van der Waals surface area contributed by atoms with Crippen LogP contribution in [0.1, 0.15) is 23.3 Å². The fourth-order valence-corrected chi connectivity index (χ4v) is 3.50. The Labute approximate surface area is 142 Å². The van der Waals surface area contributed by atoms with Crippen molar-refractivity contribution in [2.75, 3.05) is 11.9 Å². The van der Waals surface area contributed by atoms with Crippen molar-refractivity contribution in [1.82, 2.24) is 4.98 Å². The minimum Gasteiger partial charge on any atom is -0.368 e. The number of hydrogen-bond donors (Lipinski definition) is 1. The van der Waals surface area contributed by atoms with E-state index in [1.165, 1.54) is 11.3 Å². The topological polar surface area (TPSA) is 51.2 Å². The van der Waals surface area contributed by atoms with Crippen LogP contribution in [-0.2, 0) is 16.0 Å². The van der Waals surface area contributed by atoms with Gasteiger partial charge in [0.05, 0.1) is 0 Å². The lowest BCUT2D eigenvalue weighted by atomic mass is 10.1. The van der Waals surface area contributed by atoms with E-state index >= 15 is 0 Å². The highest BCUT2D eigenvalue weighted by Crippen LogP contribution is 2.27. The first-order valence-corrected chi connectivity index (χ1v) is 8.50. The van der Waals surface area contributed by atoms with Crippen molar-refractivity contribution in [3.63, 3.8) is 0 Å². The average Bonchev–Trinajstić information content (AvgIpc) is 3.14. The first kappa shape index (κ1) is 15.7. The van der Waals surface area contributed by atoms with Crippen molar-refractivity contribution in [2.24, 2.45) is 0 Å². The number of carbonyl (C=O) groups excluding carboxylic acids is 1. The van der Waals surface area contributed by atoms with Crippen LogP contribution >= 0.6 is 34.5 Å². The van der Waals surface area contributed by atoms with Crippen LogP contribution in [0.4, 0.5) is 5.13 Å². The molecular formula is C15H14Cl2N2O2S. The molecule has 1 N–H and O–H groups in total. The van der Waals surface area contributed by atoms with E-state index in [2.05, 4.69) is 10.3 Å². The van der Waals surface area contributed by atoms with Crippen LogP contribution in [0.15, 0.2) is 24.4 Å². The Morgan fingerprint density at radius 2 is 2.32 bits per heavy atom. The second-order valence-corrected chi connectivity index (χ2v) is 6.99. The van der Waals surface area contributed by atoms with Gasteiger partial charge in [-0.15, -0.1) is 11.3 Å². The van der Waals surface area contributed by atoms with Gasteiger partial charge in [0.15, 0.2) is 5.13 Å². The van der Waals surface area contributed by atoms with Gasteiger partial charge >= 0.3 is 0 Å². The van der Waals surface area contributed by atoms with Crippen LogP contribution in [-0.4, -0.2) is 23.6 Å². The van der Waals surface area contributed by atoms with E-state index in [1.807, 2.05) is 6.07 Å². The maximum Gasteiger partial charge on any atom is 0.255 e. The normalized spacial score (nSPS) is 17.6. The highest BCUT2D eigenvalue weighted by Gasteiger charge is 2.24. The zero-order valence-corrected chi connectivity index (χ0v) is 14.0. The smallest absolute Gasteiger partial charge is 0.255 e. The number of nitrogens with one attached hydrogen (secondary N) is 1. The molecule has 1 amide bonds. The predicted octanol–water partition coefficient (Wildman–Crippen LogP) is 4.16. The molecule has 2 heterocycles. The van der Waals surface area contributed by atoms with E-state index in [0.29, 0.717) is 28.2 Å². The first-order chi connectivity index (χ1) is 10.6. The Morgan fingerprint density at radius 3 is 3.09 bits per heavy atom. The van der Waals surface area contributed by atoms with E-state index in [4.69, 9.17) is 27.9 Å². The number of rotatable bonds is 4. The molecule has 7 heteroatoms. The summed E-state index contributed by atoms with van der Waals surface area (Å²) in [7, 11) is 0. The highest BCUT2D eigenvalue weighted by atomic mass is 35.5. The summed E-state index contributed by atoms with van der Waals surface area (Å²) in [4.78, 5) is 17.2. The number of benzene rings is 1. The average molecular weight is 357 g/mol. The summed E-state index contributed by atoms with van der Waals surface area (Å²) >= 11 is 13.6. The summed E-state index contributed by atoms with van der Waals surface area (Å²) in [5.41, 5.74) is 0.940. The van der Waals surface area contributed by atoms with Crippen LogP contribution in [0, 0.1) is 0 Å². The van der Waals surface area contributed by atoms with Gasteiger partial charge in [-0.2, -0.15) is 0 Å². The molecule has 0 saturated carbocycles. The molecule has 0 bridgehead atoms. The van der Waals surface area contributed by atoms with E-state index in [0.717, 1.165) is 23.3 Å². The Balaban J connectivity index is 1.65. The molecule has 1 aliphatic heterocycles. The number of anilines is 1. The number of halogens is 2. The van der Waals surface area contributed by atoms with Crippen LogP contribution in [0.3, 0.4) is 0 Å². The summed E-state index contributed by atoms with van der Waals surface area (Å²) in [6.45, 7) is 0.647. The molecule has 1 aliphatic rings. The Bertz CT molecular complexity index is 684. The van der Waals surface area contributed by atoms with E-state index < -0.39 is 0 Å². The molecule has 1 saturated heterocycles. The van der Waals surface area contributed by atoms with Crippen molar-refractivity contribution in [2.45, 2.75) is 25.4 Å². The molecule has 1 aromatic heterocycles. The second-order valence-electron chi connectivity index (χ2n) is 5.04. The lowest BCUT2D eigenvalue weighted by Crippen LogP contribution is -2.26. The Morgan fingerprint density at radius 1 is 1.45 bits per heavy atom. The number of amides is 1. The summed E-state index contributed by atoms with van der Waals surface area (Å²) in [5, 5.41) is 4.70. The minimum atomic E-state index is -0.352. The molecule has 22 heavy (non-hydrogen) atoms. The molecule has 0 aliphatic carbocycles. The first-order valence-electron chi connectivity index (χ1n) is 6.93. The van der Waals surface area contributed by atoms with Gasteiger partial charge < -0.3 is 4.74 Å². The fraction of sp³-hybridized carbons (Fsp3) is 0.333. The van der Waals surface area contributed by atoms with Crippen LogP contribution in [0.25, 0.3) is 0 Å². The molecule has 4 nitrogen and oxygen atoms in total. The summed E-state index contributed by atoms with van der Waals surface area (Å²) < 4.78 is 5.35. The van der Waals surface area contributed by atoms with E-state index in [9.17, 15) is 4.79 Å². The molecule has 3 rings (SSSR count). The molecular weight excluding hydrogens is 343 g/mol. The van der Waals surface area contributed by atoms with Crippen LogP contribution in [0.2, 0.25) is 10.0 Å². The van der Waals surface area contributed by atoms with Gasteiger partial charge in [0, 0.05) is 34.1 Å². The molecule has 0 radical (unpaired) electrons. The van der Waals surface area contributed by atoms with Gasteiger partial charge in [-0.1, -0.05) is 23.2 Å². The molecule has 0 unspecified atom stereocenters. The SMILES string of the molecule is O=C(Nc1ncc(Cc2cc(Cl)ccc2Cl)s1)[C@@H]1CCCO1. The molecule has 1 fully saturated rings. The highest BCUT2D eigenvalue weighted by molar-refractivity contribution is 7.15. The predicted molar refractivity (Wildman–Crippen MR) is 89.0 cm³/mol. The molecule has 0 spiro atoms. The van der Waals surface area contributed by atoms with Crippen molar-refractivity contribution >= 4 is 45.6 Å². The second kappa shape index (κ2) is 6.96. The van der Waals surface area contributed by atoms with Gasteiger partial charge in [0.25, 0.3) is 5.91 Å². The number of carbonyl (C=O) groups is 1. The maximum atomic E-state index is 12.0. The largest absolute Gasteiger partial charge is 0.368 e. The third kappa shape index (κ3) is 3.79. The minimum absolute atomic E-state index is 0.126. The monoisotopic (exact) mass is 356 g/mol. The summed E-state index contributed by atoms with van der Waals surface area (Å²) in [6.07, 6.45) is 3.71. The fourth-order valence-electron chi connectivity index (χ4n) is 2.28. The van der Waals surface area contributed by atoms with Gasteiger partial charge in [-0.25, -0.2) is 4.98 Å². The zero-order valence-electron chi connectivity index (χ0n) is 11.6. The lowest BCUT2D eigenvalue weighted by molar-refractivity contribution is -0.124. The molecule has 1 atom stereocenters. The van der Waals surface area contributed by atoms with E-state index in [-0.39, 0.29) is 12.0 Å². The van der Waals surface area contributed by atoms with Crippen molar-refractivity contribution < 1.29 is 9.53 Å². The van der Waals surface area contributed by atoms with Crippen molar-refractivity contribution in [3.8, 4) is 0 Å². The zero-order chi connectivity index (χ0) is 15.5. The summed E-state index contributed by atoms with van der Waals surface area (Å²) in [5.74, 6) is -0.126. The molecule has 2 aromatic rings. The number of thiazole rings is 1. The van der Waals surface area contributed by atoms with Crippen LogP contribution in [0.5, 0.6) is 0 Å². The number of ether oxygens (including phenoxy) is 1. The Kier molecular flexibility index (Phi) is 4.98. The van der Waals surface area contributed by atoms with Crippen molar-refractivity contribution in [1.29, 1.82) is 0 Å². The van der Waals surface area contributed by atoms with Gasteiger partial charge in [0.2, 0.25) is 0 Å². The molecule has 116 valence electrons. The van der Waals surface area contributed by atoms with Crippen molar-refractivity contribution in [3.05, 3.63) is 44.9 Å². The molecule has 1 aromatic carbocycles. The third-order valence-electron chi connectivity index (χ3n) is 3.38. The summed E-state index contributed by atoms with van der Waals surface area (Å²) in [6, 6.07) is 5.38. The number of hydrogen-bond acceptors (Lipinski definition) is 4. The van der Waals surface area contributed by atoms with Crippen LogP contribution < -0.4 is 5.32 Å². The Hall–Kier alpha value is -1.14. The number of nitrogens with zero attached hydrogens (tertiary/aromatic N) is 1. The number of aromatic nitrogens is 1. The van der Waals surface area contributed by atoms with Gasteiger partial charge in [-0.05, 0) is 36.6 Å². The third-order valence-corrected chi connectivity index (χ3v) is 4.89. The standard InChI is InChI=1S/C15H14Cl2N2O2S/c16-10-3-4-12(17)9(6-10)7-11-8-18-15(22-11)19-14(20)13-2-1-5-21-13/h3-4,6,8,13H,1-2,5,7H2,(H,18,19,20)/t13-/m0/s1. The quantitative estimate of drug-likeness (QED) is 0.894. The van der Waals surface area contributed by atoms with Gasteiger partial charge in [-0.3, -0.25) is 10.1 Å². The van der Waals surface area contributed by atoms with E-state index in [1.54, 1.807) is 18.3 Å².